The quantitative estimate of drug-likeness (QED) is 0.782. The fourth-order valence-electron chi connectivity index (χ4n) is 2.61. The lowest BCUT2D eigenvalue weighted by Crippen LogP contribution is -2.44. The van der Waals surface area contributed by atoms with Gasteiger partial charge < -0.3 is 4.90 Å². The van der Waals surface area contributed by atoms with Gasteiger partial charge in [-0.1, -0.05) is 20.8 Å². The lowest BCUT2D eigenvalue weighted by molar-refractivity contribution is -0.131. The first-order chi connectivity index (χ1) is 8.84. The molecule has 0 atom stereocenters. The van der Waals surface area contributed by atoms with Crippen LogP contribution in [0.5, 0.6) is 0 Å². The maximum Gasteiger partial charge on any atom is 0.236 e. The fraction of sp³-hybridized carbons (Fsp3) is 0.867. The van der Waals surface area contributed by atoms with Crippen molar-refractivity contribution < 1.29 is 4.79 Å². The van der Waals surface area contributed by atoms with E-state index in [1.54, 1.807) is 11.9 Å². The number of nitriles is 1. The van der Waals surface area contributed by atoms with E-state index in [2.05, 4.69) is 31.7 Å². The molecule has 0 spiro atoms. The van der Waals surface area contributed by atoms with Gasteiger partial charge in [-0.05, 0) is 37.3 Å². The van der Waals surface area contributed by atoms with E-state index in [0.29, 0.717) is 24.9 Å². The molecule has 0 bridgehead atoms. The summed E-state index contributed by atoms with van der Waals surface area (Å²) in [6.45, 7) is 9.96. The molecule has 1 saturated heterocycles. The van der Waals surface area contributed by atoms with Crippen LogP contribution in [0.4, 0.5) is 0 Å². The van der Waals surface area contributed by atoms with Crippen LogP contribution in [0.2, 0.25) is 0 Å². The highest BCUT2D eigenvalue weighted by Crippen LogP contribution is 2.34. The molecule has 4 nitrogen and oxygen atoms in total. The van der Waals surface area contributed by atoms with Gasteiger partial charge in [0.15, 0.2) is 0 Å². The van der Waals surface area contributed by atoms with E-state index in [1.807, 2.05) is 0 Å². The molecule has 108 valence electrons. The molecule has 0 unspecified atom stereocenters. The summed E-state index contributed by atoms with van der Waals surface area (Å²) in [5.74, 6) is 0.889. The Morgan fingerprint density at radius 1 is 1.37 bits per heavy atom. The maximum atomic E-state index is 12.0. The number of likely N-dealkylation sites (tertiary alicyclic amines) is 1. The zero-order valence-corrected chi connectivity index (χ0v) is 12.8. The molecule has 1 heterocycles. The second kappa shape index (κ2) is 6.91. The Morgan fingerprint density at radius 3 is 2.42 bits per heavy atom. The highest BCUT2D eigenvalue weighted by molar-refractivity contribution is 5.78. The summed E-state index contributed by atoms with van der Waals surface area (Å²) in [4.78, 5) is 15.9. The molecular weight excluding hydrogens is 238 g/mol. The molecule has 0 saturated carbocycles. The van der Waals surface area contributed by atoms with Crippen LogP contribution in [0.15, 0.2) is 0 Å². The summed E-state index contributed by atoms with van der Waals surface area (Å²) in [6, 6.07) is 2.07. The Hall–Kier alpha value is -1.08. The van der Waals surface area contributed by atoms with Gasteiger partial charge in [0.1, 0.15) is 0 Å². The fourth-order valence-corrected chi connectivity index (χ4v) is 2.61. The molecule has 1 aliphatic heterocycles. The summed E-state index contributed by atoms with van der Waals surface area (Å²) in [5, 5.41) is 8.53. The second-order valence-electron chi connectivity index (χ2n) is 6.64. The molecule has 1 aliphatic rings. The van der Waals surface area contributed by atoms with Crippen molar-refractivity contribution in [2.75, 3.05) is 33.2 Å². The van der Waals surface area contributed by atoms with Gasteiger partial charge in [-0.3, -0.25) is 9.69 Å². The van der Waals surface area contributed by atoms with Gasteiger partial charge in [0.05, 0.1) is 19.0 Å². The first-order valence-corrected chi connectivity index (χ1v) is 7.18. The summed E-state index contributed by atoms with van der Waals surface area (Å²) in [7, 11) is 1.78. The van der Waals surface area contributed by atoms with Crippen molar-refractivity contribution in [2.45, 2.75) is 40.0 Å². The van der Waals surface area contributed by atoms with E-state index in [0.717, 1.165) is 19.0 Å². The smallest absolute Gasteiger partial charge is 0.236 e. The Kier molecular flexibility index (Phi) is 5.81. The number of piperidine rings is 1. The Balaban J connectivity index is 2.33. The van der Waals surface area contributed by atoms with Crippen molar-refractivity contribution in [3.8, 4) is 6.07 Å². The summed E-state index contributed by atoms with van der Waals surface area (Å²) in [6.07, 6.45) is 2.77. The number of rotatable bonds is 4. The van der Waals surface area contributed by atoms with Crippen LogP contribution < -0.4 is 0 Å². The molecule has 0 aromatic rings. The second-order valence-corrected chi connectivity index (χ2v) is 6.64. The van der Waals surface area contributed by atoms with Crippen LogP contribution >= 0.6 is 0 Å². The molecule has 0 N–H and O–H groups in total. The van der Waals surface area contributed by atoms with Gasteiger partial charge in [-0.25, -0.2) is 0 Å². The zero-order chi connectivity index (χ0) is 14.5. The standard InChI is InChI=1S/C15H27N3O/c1-15(2,3)13-6-10-18(11-7-13)12-14(19)17(4)9-5-8-16/h13H,5-7,9-12H2,1-4H3. The summed E-state index contributed by atoms with van der Waals surface area (Å²) < 4.78 is 0. The number of nitrogens with zero attached hydrogens (tertiary/aromatic N) is 3. The van der Waals surface area contributed by atoms with Gasteiger partial charge in [-0.2, -0.15) is 5.26 Å². The highest BCUT2D eigenvalue weighted by Gasteiger charge is 2.29. The minimum atomic E-state index is 0.129. The molecule has 1 amide bonds. The van der Waals surface area contributed by atoms with E-state index in [9.17, 15) is 4.79 Å². The van der Waals surface area contributed by atoms with Crippen molar-refractivity contribution >= 4 is 5.91 Å². The van der Waals surface area contributed by atoms with Crippen molar-refractivity contribution in [1.82, 2.24) is 9.80 Å². The topological polar surface area (TPSA) is 47.3 Å². The lowest BCUT2D eigenvalue weighted by atomic mass is 9.75. The third kappa shape index (κ3) is 5.20. The molecule has 0 aromatic carbocycles. The predicted octanol–water partition coefficient (Wildman–Crippen LogP) is 2.12. The van der Waals surface area contributed by atoms with Crippen molar-refractivity contribution in [1.29, 1.82) is 5.26 Å². The molecule has 0 aliphatic carbocycles. The number of likely N-dealkylation sites (N-methyl/N-ethyl adjacent to an activating group) is 1. The molecular formula is C15H27N3O. The Labute approximate surface area is 117 Å². The maximum absolute atomic E-state index is 12.0. The van der Waals surface area contributed by atoms with E-state index < -0.39 is 0 Å². The van der Waals surface area contributed by atoms with Gasteiger partial charge in [0.25, 0.3) is 0 Å². The van der Waals surface area contributed by atoms with Crippen molar-refractivity contribution in [2.24, 2.45) is 11.3 Å². The molecule has 1 fully saturated rings. The molecule has 1 rings (SSSR count). The van der Waals surface area contributed by atoms with Gasteiger partial charge in [-0.15, -0.1) is 0 Å². The van der Waals surface area contributed by atoms with Gasteiger partial charge in [0.2, 0.25) is 5.91 Å². The highest BCUT2D eigenvalue weighted by atomic mass is 16.2. The zero-order valence-electron chi connectivity index (χ0n) is 12.8. The van der Waals surface area contributed by atoms with E-state index in [-0.39, 0.29) is 5.91 Å². The molecule has 19 heavy (non-hydrogen) atoms. The number of amides is 1. The van der Waals surface area contributed by atoms with Crippen molar-refractivity contribution in [3.05, 3.63) is 0 Å². The number of carbonyl (C=O) groups excluding carboxylic acids is 1. The summed E-state index contributed by atoms with van der Waals surface area (Å²) in [5.41, 5.74) is 0.375. The minimum Gasteiger partial charge on any atom is -0.344 e. The third-order valence-electron chi connectivity index (χ3n) is 4.16. The van der Waals surface area contributed by atoms with Gasteiger partial charge in [0, 0.05) is 13.6 Å². The monoisotopic (exact) mass is 265 g/mol. The van der Waals surface area contributed by atoms with Crippen LogP contribution in [0.1, 0.15) is 40.0 Å². The average Bonchev–Trinajstić information content (AvgIpc) is 2.35. The molecule has 4 heteroatoms. The van der Waals surface area contributed by atoms with Crippen LogP contribution in [-0.4, -0.2) is 48.9 Å². The third-order valence-corrected chi connectivity index (χ3v) is 4.16. The van der Waals surface area contributed by atoms with E-state index >= 15 is 0 Å². The molecule has 0 radical (unpaired) electrons. The Morgan fingerprint density at radius 2 is 1.95 bits per heavy atom. The number of hydrogen-bond acceptors (Lipinski definition) is 3. The molecule has 0 aromatic heterocycles. The van der Waals surface area contributed by atoms with E-state index in [1.165, 1.54) is 12.8 Å². The first-order valence-electron chi connectivity index (χ1n) is 7.18. The average molecular weight is 265 g/mol. The van der Waals surface area contributed by atoms with Crippen LogP contribution in [0.25, 0.3) is 0 Å². The number of carbonyl (C=O) groups is 1. The summed E-state index contributed by atoms with van der Waals surface area (Å²) >= 11 is 0. The minimum absolute atomic E-state index is 0.129. The van der Waals surface area contributed by atoms with Crippen LogP contribution in [-0.2, 0) is 4.79 Å². The van der Waals surface area contributed by atoms with Crippen molar-refractivity contribution in [3.63, 3.8) is 0 Å². The van der Waals surface area contributed by atoms with Gasteiger partial charge >= 0.3 is 0 Å². The predicted molar refractivity (Wildman–Crippen MR) is 76.5 cm³/mol. The SMILES string of the molecule is CN(CCC#N)C(=O)CN1CCC(C(C)(C)C)CC1. The van der Waals surface area contributed by atoms with Crippen LogP contribution in [0, 0.1) is 22.7 Å². The van der Waals surface area contributed by atoms with E-state index in [4.69, 9.17) is 5.26 Å². The van der Waals surface area contributed by atoms with Crippen LogP contribution in [0.3, 0.4) is 0 Å². The lowest BCUT2D eigenvalue weighted by Gasteiger charge is -2.38. The largest absolute Gasteiger partial charge is 0.344 e. The first kappa shape index (κ1) is 16.0. The normalized spacial score (nSPS) is 18.1. The number of hydrogen-bond donors (Lipinski definition) is 0. The Bertz CT molecular complexity index is 332.